The number of rotatable bonds is 4. The van der Waals surface area contributed by atoms with Gasteiger partial charge in [0.15, 0.2) is 0 Å². The number of anilines is 1. The summed E-state index contributed by atoms with van der Waals surface area (Å²) in [7, 11) is 0. The lowest BCUT2D eigenvalue weighted by molar-refractivity contribution is 0.0123. The van der Waals surface area contributed by atoms with E-state index in [4.69, 9.17) is 9.47 Å². The number of aryl methyl sites for hydroxylation is 1. The predicted octanol–water partition coefficient (Wildman–Crippen LogP) is 5.20. The van der Waals surface area contributed by atoms with Gasteiger partial charge >= 0.3 is 12.2 Å². The van der Waals surface area contributed by atoms with E-state index < -0.39 is 11.7 Å². The number of carbonyl (C=O) groups excluding carboxylic acids is 2. The predicted molar refractivity (Wildman–Crippen MR) is 139 cm³/mol. The molecule has 2 aliphatic heterocycles. The van der Waals surface area contributed by atoms with Crippen molar-refractivity contribution in [1.29, 1.82) is 0 Å². The van der Waals surface area contributed by atoms with Crippen LogP contribution in [0, 0.1) is 5.82 Å². The highest BCUT2D eigenvalue weighted by molar-refractivity contribution is 5.70. The van der Waals surface area contributed by atoms with Gasteiger partial charge < -0.3 is 19.7 Å². The summed E-state index contributed by atoms with van der Waals surface area (Å²) in [6.45, 7) is 7.04. The van der Waals surface area contributed by atoms with Gasteiger partial charge in [0.1, 0.15) is 18.0 Å². The summed E-state index contributed by atoms with van der Waals surface area (Å²) >= 11 is 0. The first-order valence-corrected chi connectivity index (χ1v) is 13.2. The first-order valence-electron chi connectivity index (χ1n) is 13.2. The van der Waals surface area contributed by atoms with Crippen molar-refractivity contribution < 1.29 is 23.5 Å². The molecule has 198 valence electrons. The molecular formula is C29H36FN3O4. The Morgan fingerprint density at radius 2 is 1.73 bits per heavy atom. The maximum absolute atomic E-state index is 15.4. The molecule has 3 unspecified atom stereocenters. The number of ether oxygens (including phenoxy) is 2. The zero-order valence-corrected chi connectivity index (χ0v) is 21.8. The lowest BCUT2D eigenvalue weighted by Crippen LogP contribution is -2.57. The average molecular weight is 510 g/mol. The summed E-state index contributed by atoms with van der Waals surface area (Å²) in [6, 6.07) is 13.1. The first kappa shape index (κ1) is 25.4. The Hall–Kier alpha value is -3.29. The van der Waals surface area contributed by atoms with Gasteiger partial charge in [-0.15, -0.1) is 0 Å². The van der Waals surface area contributed by atoms with Crippen molar-refractivity contribution in [2.24, 2.45) is 0 Å². The Balaban J connectivity index is 1.20. The number of amides is 2. The molecule has 3 atom stereocenters. The number of hydrogen-bond acceptors (Lipinski definition) is 5. The quantitative estimate of drug-likeness (QED) is 0.614. The molecule has 5 rings (SSSR count). The average Bonchev–Trinajstić information content (AvgIpc) is 3.12. The second kappa shape index (κ2) is 10.2. The fourth-order valence-electron chi connectivity index (χ4n) is 5.78. The second-order valence-electron chi connectivity index (χ2n) is 11.4. The molecule has 3 aliphatic rings. The molecule has 0 aromatic heterocycles. The van der Waals surface area contributed by atoms with Crippen LogP contribution in [0.5, 0.6) is 0 Å². The van der Waals surface area contributed by atoms with E-state index in [1.807, 2.05) is 62.1 Å². The van der Waals surface area contributed by atoms with Gasteiger partial charge in [-0.3, -0.25) is 4.90 Å². The molecule has 2 heterocycles. The molecule has 2 bridgehead atoms. The highest BCUT2D eigenvalue weighted by Gasteiger charge is 2.44. The van der Waals surface area contributed by atoms with Crippen LogP contribution in [-0.4, -0.2) is 53.9 Å². The monoisotopic (exact) mass is 509 g/mol. The lowest BCUT2D eigenvalue weighted by atomic mass is 9.87. The molecule has 7 nitrogen and oxygen atoms in total. The zero-order valence-electron chi connectivity index (χ0n) is 21.8. The fourth-order valence-corrected chi connectivity index (χ4v) is 5.78. The third kappa shape index (κ3) is 5.84. The van der Waals surface area contributed by atoms with E-state index in [9.17, 15) is 9.59 Å². The van der Waals surface area contributed by atoms with Crippen molar-refractivity contribution in [3.8, 4) is 0 Å². The maximum atomic E-state index is 15.4. The number of hydrogen-bond donors (Lipinski definition) is 1. The Morgan fingerprint density at radius 1 is 1.03 bits per heavy atom. The van der Waals surface area contributed by atoms with Crippen molar-refractivity contribution >= 4 is 17.9 Å². The number of benzene rings is 2. The van der Waals surface area contributed by atoms with Crippen LogP contribution in [0.15, 0.2) is 42.5 Å². The zero-order chi connectivity index (χ0) is 26.2. The summed E-state index contributed by atoms with van der Waals surface area (Å²) in [6.07, 6.45) is 3.19. The molecule has 2 fully saturated rings. The third-order valence-corrected chi connectivity index (χ3v) is 7.46. The highest BCUT2D eigenvalue weighted by Crippen LogP contribution is 2.36. The SMILES string of the molecule is CC(C)(C)OC(=O)N1C2CCC1CN(c1cc3c(cc1F)CC(NC(=O)OCc1ccccc1)CC3)C2. The van der Waals surface area contributed by atoms with Crippen LogP contribution in [-0.2, 0) is 28.9 Å². The molecule has 2 amide bonds. The molecule has 8 heteroatoms. The molecule has 0 spiro atoms. The standard InChI is InChI=1S/C29H36FN3O4/c1-29(2,3)37-28(35)33-23-11-12-24(33)17-32(16-23)26-15-20-9-10-22(13-21(20)14-25(26)30)31-27(34)36-18-19-7-5-4-6-8-19/h4-8,14-15,22-24H,9-13,16-18H2,1-3H3,(H,31,34). The van der Waals surface area contributed by atoms with Crippen LogP contribution >= 0.6 is 0 Å². The Bertz CT molecular complexity index is 1140. The number of piperazine rings is 1. The van der Waals surface area contributed by atoms with Gasteiger partial charge in [-0.2, -0.15) is 0 Å². The Morgan fingerprint density at radius 3 is 2.41 bits per heavy atom. The summed E-state index contributed by atoms with van der Waals surface area (Å²) < 4.78 is 26.3. The van der Waals surface area contributed by atoms with Crippen LogP contribution in [0.25, 0.3) is 0 Å². The Kier molecular flexibility index (Phi) is 7.01. The van der Waals surface area contributed by atoms with Gasteiger partial charge in [0.05, 0.1) is 17.8 Å². The molecular weight excluding hydrogens is 473 g/mol. The van der Waals surface area contributed by atoms with Crippen molar-refractivity contribution in [2.75, 3.05) is 18.0 Å². The van der Waals surface area contributed by atoms with E-state index in [-0.39, 0.29) is 36.6 Å². The minimum absolute atomic E-state index is 0.0273. The lowest BCUT2D eigenvalue weighted by Gasteiger charge is -2.42. The van der Waals surface area contributed by atoms with Gasteiger partial charge in [0, 0.05) is 19.1 Å². The number of carbonyl (C=O) groups is 2. The molecule has 2 aromatic rings. The van der Waals surface area contributed by atoms with E-state index in [1.54, 1.807) is 6.07 Å². The molecule has 37 heavy (non-hydrogen) atoms. The molecule has 2 saturated heterocycles. The number of alkyl carbamates (subject to hydrolysis) is 1. The van der Waals surface area contributed by atoms with Crippen LogP contribution < -0.4 is 10.2 Å². The normalized spacial score (nSPS) is 22.9. The summed E-state index contributed by atoms with van der Waals surface area (Å²) in [4.78, 5) is 29.0. The summed E-state index contributed by atoms with van der Waals surface area (Å²) in [5, 5.41) is 2.94. The topological polar surface area (TPSA) is 71.1 Å². The summed E-state index contributed by atoms with van der Waals surface area (Å²) in [5.41, 5.74) is 3.05. The van der Waals surface area contributed by atoms with Crippen LogP contribution in [0.1, 0.15) is 56.7 Å². The van der Waals surface area contributed by atoms with Crippen molar-refractivity contribution in [2.45, 2.75) is 83.2 Å². The number of nitrogens with one attached hydrogen (secondary N) is 1. The third-order valence-electron chi connectivity index (χ3n) is 7.46. The fraction of sp³-hybridized carbons (Fsp3) is 0.517. The van der Waals surface area contributed by atoms with Gasteiger partial charge in [-0.25, -0.2) is 14.0 Å². The van der Waals surface area contributed by atoms with Gasteiger partial charge in [0.2, 0.25) is 0 Å². The van der Waals surface area contributed by atoms with Crippen LogP contribution in [0.2, 0.25) is 0 Å². The van der Waals surface area contributed by atoms with Gasteiger partial charge in [0.25, 0.3) is 0 Å². The molecule has 1 aliphatic carbocycles. The second-order valence-corrected chi connectivity index (χ2v) is 11.4. The molecule has 1 N–H and O–H groups in total. The number of halogens is 1. The molecule has 0 radical (unpaired) electrons. The largest absolute Gasteiger partial charge is 0.445 e. The highest BCUT2D eigenvalue weighted by atomic mass is 19.1. The first-order chi connectivity index (χ1) is 17.7. The smallest absolute Gasteiger partial charge is 0.410 e. The maximum Gasteiger partial charge on any atom is 0.410 e. The number of nitrogens with zero attached hydrogens (tertiary/aromatic N) is 2. The minimum atomic E-state index is -0.538. The van der Waals surface area contributed by atoms with E-state index in [1.165, 1.54) is 0 Å². The van der Waals surface area contributed by atoms with E-state index in [0.29, 0.717) is 25.2 Å². The van der Waals surface area contributed by atoms with Crippen molar-refractivity contribution in [3.63, 3.8) is 0 Å². The van der Waals surface area contributed by atoms with Gasteiger partial charge in [-0.1, -0.05) is 30.3 Å². The van der Waals surface area contributed by atoms with Crippen molar-refractivity contribution in [3.05, 3.63) is 65.0 Å². The number of fused-ring (bicyclic) bond motifs is 3. The van der Waals surface area contributed by atoms with Crippen LogP contribution in [0.4, 0.5) is 19.7 Å². The molecule has 0 saturated carbocycles. The van der Waals surface area contributed by atoms with E-state index in [0.717, 1.165) is 42.4 Å². The van der Waals surface area contributed by atoms with E-state index >= 15 is 4.39 Å². The van der Waals surface area contributed by atoms with Crippen LogP contribution in [0.3, 0.4) is 0 Å². The Labute approximate surface area is 217 Å². The van der Waals surface area contributed by atoms with Crippen molar-refractivity contribution in [1.82, 2.24) is 10.2 Å². The van der Waals surface area contributed by atoms with E-state index in [2.05, 4.69) is 10.2 Å². The minimum Gasteiger partial charge on any atom is -0.445 e. The summed E-state index contributed by atoms with van der Waals surface area (Å²) in [5.74, 6) is -0.254. The van der Waals surface area contributed by atoms with Gasteiger partial charge in [-0.05, 0) is 81.7 Å². The molecule has 2 aromatic carbocycles.